The highest BCUT2D eigenvalue weighted by molar-refractivity contribution is 9.10. The summed E-state index contributed by atoms with van der Waals surface area (Å²) in [7, 11) is 0. The van der Waals surface area contributed by atoms with Crippen molar-refractivity contribution in [3.05, 3.63) is 41.5 Å². The lowest BCUT2D eigenvalue weighted by Crippen LogP contribution is -1.89. The van der Waals surface area contributed by atoms with E-state index in [-0.39, 0.29) is 0 Å². The molecule has 0 saturated heterocycles. The van der Waals surface area contributed by atoms with E-state index < -0.39 is 0 Å². The number of hydrogen-bond acceptors (Lipinski definition) is 4. The summed E-state index contributed by atoms with van der Waals surface area (Å²) in [5.41, 5.74) is 0. The molecule has 70 valence electrons. The molecule has 0 unspecified atom stereocenters. The molecular weight excluding hydrogens is 246 g/mol. The van der Waals surface area contributed by atoms with Gasteiger partial charge in [-0.15, -0.1) is 0 Å². The fourth-order valence-electron chi connectivity index (χ4n) is 0.898. The summed E-state index contributed by atoms with van der Waals surface area (Å²) in [6.45, 7) is 0. The Kier molecular flexibility index (Phi) is 2.69. The lowest BCUT2D eigenvalue weighted by Gasteiger charge is -2.03. The lowest BCUT2D eigenvalue weighted by atomic mass is 10.5. The first kappa shape index (κ1) is 9.08. The van der Waals surface area contributed by atoms with E-state index in [4.69, 9.17) is 4.74 Å². The largest absolute Gasteiger partial charge is 0.435 e. The van der Waals surface area contributed by atoms with Crippen LogP contribution in [0.1, 0.15) is 0 Å². The molecule has 0 atom stereocenters. The summed E-state index contributed by atoms with van der Waals surface area (Å²) >= 11 is 3.27. The number of pyridine rings is 1. The fraction of sp³-hybridized carbons (Fsp3) is 0. The summed E-state index contributed by atoms with van der Waals surface area (Å²) in [6, 6.07) is 3.59. The zero-order valence-electron chi connectivity index (χ0n) is 7.09. The van der Waals surface area contributed by atoms with Gasteiger partial charge in [0.25, 0.3) is 0 Å². The third kappa shape index (κ3) is 2.05. The first-order valence-electron chi connectivity index (χ1n) is 3.90. The van der Waals surface area contributed by atoms with E-state index in [1.165, 1.54) is 0 Å². The van der Waals surface area contributed by atoms with E-state index >= 15 is 0 Å². The molecular formula is C9H6BrN3O. The van der Waals surface area contributed by atoms with Gasteiger partial charge in [0.2, 0.25) is 5.88 Å². The van der Waals surface area contributed by atoms with Crippen molar-refractivity contribution in [3.8, 4) is 11.6 Å². The van der Waals surface area contributed by atoms with Crippen LogP contribution >= 0.6 is 15.9 Å². The molecule has 14 heavy (non-hydrogen) atoms. The van der Waals surface area contributed by atoms with Crippen LogP contribution in [0.3, 0.4) is 0 Å². The SMILES string of the molecule is Brc1ncccc1Oc1cnccn1. The second kappa shape index (κ2) is 4.15. The monoisotopic (exact) mass is 251 g/mol. The molecule has 0 bridgehead atoms. The van der Waals surface area contributed by atoms with E-state index in [2.05, 4.69) is 30.9 Å². The molecule has 2 heterocycles. The Hall–Kier alpha value is -1.49. The van der Waals surface area contributed by atoms with Crippen LogP contribution in [-0.4, -0.2) is 15.0 Å². The zero-order chi connectivity index (χ0) is 9.80. The van der Waals surface area contributed by atoms with Crippen molar-refractivity contribution in [2.45, 2.75) is 0 Å². The van der Waals surface area contributed by atoms with Crippen molar-refractivity contribution in [1.82, 2.24) is 15.0 Å². The minimum absolute atomic E-state index is 0.446. The minimum atomic E-state index is 0.446. The highest BCUT2D eigenvalue weighted by Gasteiger charge is 2.02. The van der Waals surface area contributed by atoms with Crippen LogP contribution < -0.4 is 4.74 Å². The van der Waals surface area contributed by atoms with Crippen molar-refractivity contribution < 1.29 is 4.74 Å². The average Bonchev–Trinajstić information content (AvgIpc) is 2.23. The molecule has 0 radical (unpaired) electrons. The maximum atomic E-state index is 5.43. The summed E-state index contributed by atoms with van der Waals surface area (Å²) in [5.74, 6) is 1.06. The predicted octanol–water partition coefficient (Wildman–Crippen LogP) is 2.43. The van der Waals surface area contributed by atoms with Crippen LogP contribution in [0.15, 0.2) is 41.5 Å². The molecule has 2 aromatic rings. The molecule has 0 N–H and O–H groups in total. The smallest absolute Gasteiger partial charge is 0.237 e. The van der Waals surface area contributed by atoms with Crippen LogP contribution in [0.5, 0.6) is 11.6 Å². The molecule has 0 aromatic carbocycles. The Labute approximate surface area is 89.1 Å². The standard InChI is InChI=1S/C9H6BrN3O/c10-9-7(2-1-3-13-9)14-8-6-11-4-5-12-8/h1-6H. The highest BCUT2D eigenvalue weighted by atomic mass is 79.9. The third-order valence-corrected chi connectivity index (χ3v) is 2.07. The average molecular weight is 252 g/mol. The molecule has 0 aliphatic carbocycles. The van der Waals surface area contributed by atoms with E-state index in [0.717, 1.165) is 0 Å². The van der Waals surface area contributed by atoms with Gasteiger partial charge in [0, 0.05) is 18.6 Å². The van der Waals surface area contributed by atoms with Crippen LogP contribution in [-0.2, 0) is 0 Å². The van der Waals surface area contributed by atoms with Crippen LogP contribution in [0.2, 0.25) is 0 Å². The lowest BCUT2D eigenvalue weighted by molar-refractivity contribution is 0.454. The van der Waals surface area contributed by atoms with Gasteiger partial charge >= 0.3 is 0 Å². The summed E-state index contributed by atoms with van der Waals surface area (Å²) in [4.78, 5) is 11.9. The zero-order valence-corrected chi connectivity index (χ0v) is 8.68. The van der Waals surface area contributed by atoms with Crippen LogP contribution in [0.4, 0.5) is 0 Å². The van der Waals surface area contributed by atoms with E-state index in [0.29, 0.717) is 16.2 Å². The fourth-order valence-corrected chi connectivity index (χ4v) is 1.23. The predicted molar refractivity (Wildman–Crippen MR) is 54.0 cm³/mol. The third-order valence-electron chi connectivity index (χ3n) is 1.48. The van der Waals surface area contributed by atoms with E-state index in [1.807, 2.05) is 0 Å². The Morgan fingerprint density at radius 2 is 2.07 bits per heavy atom. The maximum Gasteiger partial charge on any atom is 0.237 e. The van der Waals surface area contributed by atoms with Crippen LogP contribution in [0.25, 0.3) is 0 Å². The molecule has 4 nitrogen and oxygen atoms in total. The first-order chi connectivity index (χ1) is 6.86. The quantitative estimate of drug-likeness (QED) is 0.770. The number of aromatic nitrogens is 3. The Balaban J connectivity index is 2.24. The number of ether oxygens (including phenoxy) is 1. The molecule has 0 fully saturated rings. The van der Waals surface area contributed by atoms with Crippen molar-refractivity contribution in [2.24, 2.45) is 0 Å². The molecule has 5 heteroatoms. The minimum Gasteiger partial charge on any atom is -0.435 e. The normalized spacial score (nSPS) is 9.79. The van der Waals surface area contributed by atoms with Gasteiger partial charge in [-0.25, -0.2) is 9.97 Å². The van der Waals surface area contributed by atoms with Gasteiger partial charge in [0.05, 0.1) is 6.20 Å². The Bertz CT molecular complexity index is 421. The van der Waals surface area contributed by atoms with Crippen molar-refractivity contribution in [2.75, 3.05) is 0 Å². The number of nitrogens with zero attached hydrogens (tertiary/aromatic N) is 3. The van der Waals surface area contributed by atoms with Gasteiger partial charge in [0.1, 0.15) is 4.60 Å². The van der Waals surface area contributed by atoms with Crippen LogP contribution in [0, 0.1) is 0 Å². The Morgan fingerprint density at radius 3 is 2.79 bits per heavy atom. The van der Waals surface area contributed by atoms with Crippen molar-refractivity contribution >= 4 is 15.9 Å². The number of rotatable bonds is 2. The first-order valence-corrected chi connectivity index (χ1v) is 4.70. The molecule has 0 amide bonds. The Morgan fingerprint density at radius 1 is 1.14 bits per heavy atom. The molecule has 2 rings (SSSR count). The second-order valence-corrected chi connectivity index (χ2v) is 3.19. The van der Waals surface area contributed by atoms with Gasteiger partial charge in [-0.05, 0) is 28.1 Å². The molecule has 0 spiro atoms. The molecule has 0 saturated carbocycles. The maximum absolute atomic E-state index is 5.43. The van der Waals surface area contributed by atoms with E-state index in [9.17, 15) is 0 Å². The van der Waals surface area contributed by atoms with Crippen molar-refractivity contribution in [3.63, 3.8) is 0 Å². The molecule has 0 aliphatic rings. The second-order valence-electron chi connectivity index (χ2n) is 2.44. The number of hydrogen-bond donors (Lipinski definition) is 0. The van der Waals surface area contributed by atoms with E-state index in [1.54, 1.807) is 36.9 Å². The summed E-state index contributed by atoms with van der Waals surface area (Å²) < 4.78 is 6.07. The van der Waals surface area contributed by atoms with Gasteiger partial charge in [0.15, 0.2) is 5.75 Å². The topological polar surface area (TPSA) is 47.9 Å². The van der Waals surface area contributed by atoms with Crippen molar-refractivity contribution in [1.29, 1.82) is 0 Å². The van der Waals surface area contributed by atoms with Gasteiger partial charge in [-0.3, -0.25) is 4.98 Å². The van der Waals surface area contributed by atoms with Gasteiger partial charge in [-0.1, -0.05) is 0 Å². The highest BCUT2D eigenvalue weighted by Crippen LogP contribution is 2.25. The number of halogens is 1. The molecule has 0 aliphatic heterocycles. The molecule has 2 aromatic heterocycles. The van der Waals surface area contributed by atoms with Gasteiger partial charge in [-0.2, -0.15) is 0 Å². The van der Waals surface area contributed by atoms with Gasteiger partial charge < -0.3 is 4.74 Å². The summed E-state index contributed by atoms with van der Waals surface area (Å²) in [6.07, 6.45) is 6.37. The summed E-state index contributed by atoms with van der Waals surface area (Å²) in [5, 5.41) is 0.